The highest BCUT2D eigenvalue weighted by Crippen LogP contribution is 2.60. The second-order valence-corrected chi connectivity index (χ2v) is 9.79. The third kappa shape index (κ3) is 3.56. The Bertz CT molecular complexity index is 866. The van der Waals surface area contributed by atoms with E-state index in [1.165, 1.54) is 44.1 Å². The number of amides is 1. The molecule has 29 heavy (non-hydrogen) atoms. The predicted molar refractivity (Wildman–Crippen MR) is 116 cm³/mol. The van der Waals surface area contributed by atoms with E-state index in [2.05, 4.69) is 29.6 Å². The predicted octanol–water partition coefficient (Wildman–Crippen LogP) is 5.87. The third-order valence-corrected chi connectivity index (χ3v) is 7.57. The van der Waals surface area contributed by atoms with E-state index in [0.717, 1.165) is 34.8 Å². The number of hydrogen-bond donors (Lipinski definition) is 1. The molecule has 4 bridgehead atoms. The average Bonchev–Trinajstić information content (AvgIpc) is 2.69. The van der Waals surface area contributed by atoms with Crippen LogP contribution in [0.4, 0.5) is 5.69 Å². The van der Waals surface area contributed by atoms with Crippen molar-refractivity contribution >= 4 is 11.6 Å². The smallest absolute Gasteiger partial charge is 0.265 e. The van der Waals surface area contributed by atoms with Crippen molar-refractivity contribution in [1.82, 2.24) is 0 Å². The molecule has 4 aliphatic carbocycles. The van der Waals surface area contributed by atoms with Gasteiger partial charge in [0.1, 0.15) is 5.75 Å². The lowest BCUT2D eigenvalue weighted by Crippen LogP contribution is -2.48. The van der Waals surface area contributed by atoms with Crippen LogP contribution in [0, 0.1) is 24.7 Å². The van der Waals surface area contributed by atoms with Crippen molar-refractivity contribution in [3.8, 4) is 5.75 Å². The van der Waals surface area contributed by atoms with E-state index < -0.39 is 6.10 Å². The molecule has 4 fully saturated rings. The van der Waals surface area contributed by atoms with E-state index in [4.69, 9.17) is 4.74 Å². The first-order valence-electron chi connectivity index (χ1n) is 11.1. The Hall–Kier alpha value is -2.29. The van der Waals surface area contributed by atoms with Gasteiger partial charge in [-0.15, -0.1) is 0 Å². The number of carbonyl (C=O) groups excluding carboxylic acids is 1. The average molecular weight is 390 g/mol. The van der Waals surface area contributed by atoms with Crippen molar-refractivity contribution in [3.63, 3.8) is 0 Å². The van der Waals surface area contributed by atoms with Gasteiger partial charge in [-0.2, -0.15) is 0 Å². The minimum Gasteiger partial charge on any atom is -0.481 e. The molecule has 0 aromatic heterocycles. The second kappa shape index (κ2) is 7.19. The Morgan fingerprint density at radius 2 is 1.55 bits per heavy atom. The zero-order valence-corrected chi connectivity index (χ0v) is 17.5. The highest BCUT2D eigenvalue weighted by Gasteiger charge is 2.51. The molecule has 1 atom stereocenters. The molecule has 0 spiro atoms. The van der Waals surface area contributed by atoms with Gasteiger partial charge in [0, 0.05) is 5.69 Å². The van der Waals surface area contributed by atoms with Crippen molar-refractivity contribution in [2.24, 2.45) is 17.8 Å². The van der Waals surface area contributed by atoms with Crippen LogP contribution >= 0.6 is 0 Å². The van der Waals surface area contributed by atoms with Crippen molar-refractivity contribution < 1.29 is 9.53 Å². The van der Waals surface area contributed by atoms with Gasteiger partial charge in [0.15, 0.2) is 6.10 Å². The normalized spacial score (nSPS) is 30.8. The Morgan fingerprint density at radius 1 is 0.966 bits per heavy atom. The molecule has 3 heteroatoms. The van der Waals surface area contributed by atoms with Crippen LogP contribution in [0.2, 0.25) is 0 Å². The summed E-state index contributed by atoms with van der Waals surface area (Å²) in [7, 11) is 0. The van der Waals surface area contributed by atoms with E-state index >= 15 is 0 Å². The number of aryl methyl sites for hydroxylation is 1. The Labute approximate surface area is 173 Å². The molecule has 0 heterocycles. The molecule has 2 aromatic rings. The quantitative estimate of drug-likeness (QED) is 0.694. The van der Waals surface area contributed by atoms with Gasteiger partial charge in [0.05, 0.1) is 0 Å². The van der Waals surface area contributed by atoms with Gasteiger partial charge in [-0.05, 0) is 105 Å². The molecule has 1 unspecified atom stereocenters. The van der Waals surface area contributed by atoms with Gasteiger partial charge >= 0.3 is 0 Å². The summed E-state index contributed by atoms with van der Waals surface area (Å²) in [6.07, 6.45) is 7.95. The molecule has 6 rings (SSSR count). The summed E-state index contributed by atoms with van der Waals surface area (Å²) in [5, 5.41) is 3.02. The zero-order valence-electron chi connectivity index (χ0n) is 17.5. The summed E-state index contributed by atoms with van der Waals surface area (Å²) in [6.45, 7) is 3.79. The standard InChI is InChI=1S/C26H31NO2/c1-17-5-3-4-6-24(17)29-18(2)25(28)27-23-9-7-22(8-10-23)26-14-19-11-20(15-26)13-21(12-19)16-26/h3-10,18-21H,11-16H2,1-2H3,(H,27,28). The Morgan fingerprint density at radius 3 is 2.14 bits per heavy atom. The lowest BCUT2D eigenvalue weighted by Gasteiger charge is -2.57. The van der Waals surface area contributed by atoms with Gasteiger partial charge in [-0.1, -0.05) is 30.3 Å². The van der Waals surface area contributed by atoms with Gasteiger partial charge in [-0.3, -0.25) is 4.79 Å². The van der Waals surface area contributed by atoms with Gasteiger partial charge in [0.25, 0.3) is 5.91 Å². The lowest BCUT2D eigenvalue weighted by molar-refractivity contribution is -0.122. The van der Waals surface area contributed by atoms with Crippen LogP contribution in [0.1, 0.15) is 56.6 Å². The second-order valence-electron chi connectivity index (χ2n) is 9.79. The topological polar surface area (TPSA) is 38.3 Å². The third-order valence-electron chi connectivity index (χ3n) is 7.57. The summed E-state index contributed by atoms with van der Waals surface area (Å²) >= 11 is 0. The summed E-state index contributed by atoms with van der Waals surface area (Å²) in [4.78, 5) is 12.6. The fraction of sp³-hybridized carbons (Fsp3) is 0.500. The molecular weight excluding hydrogens is 358 g/mol. The minimum atomic E-state index is -0.543. The van der Waals surface area contributed by atoms with E-state index in [1.807, 2.05) is 31.2 Å². The molecule has 0 aliphatic heterocycles. The van der Waals surface area contributed by atoms with Crippen LogP contribution in [0.5, 0.6) is 5.75 Å². The molecular formula is C26H31NO2. The van der Waals surface area contributed by atoms with Crippen LogP contribution in [0.3, 0.4) is 0 Å². The van der Waals surface area contributed by atoms with E-state index in [1.54, 1.807) is 6.92 Å². The summed E-state index contributed by atoms with van der Waals surface area (Å²) < 4.78 is 5.86. The number of hydrogen-bond acceptors (Lipinski definition) is 2. The molecule has 4 aliphatic rings. The van der Waals surface area contributed by atoms with Crippen LogP contribution in [0.25, 0.3) is 0 Å². The van der Waals surface area contributed by atoms with Crippen LogP contribution < -0.4 is 10.1 Å². The molecule has 3 nitrogen and oxygen atoms in total. The maximum atomic E-state index is 12.6. The molecule has 0 radical (unpaired) electrons. The summed E-state index contributed by atoms with van der Waals surface area (Å²) in [5.41, 5.74) is 3.77. The lowest BCUT2D eigenvalue weighted by atomic mass is 9.48. The van der Waals surface area contributed by atoms with Crippen LogP contribution in [-0.2, 0) is 10.2 Å². The number of ether oxygens (including phenoxy) is 1. The molecule has 2 aromatic carbocycles. The largest absolute Gasteiger partial charge is 0.481 e. The van der Waals surface area contributed by atoms with Gasteiger partial charge in [0.2, 0.25) is 0 Å². The maximum absolute atomic E-state index is 12.6. The minimum absolute atomic E-state index is 0.115. The first-order chi connectivity index (χ1) is 14.0. The van der Waals surface area contributed by atoms with E-state index in [9.17, 15) is 4.79 Å². The van der Waals surface area contributed by atoms with E-state index in [0.29, 0.717) is 5.41 Å². The van der Waals surface area contributed by atoms with Crippen molar-refractivity contribution in [1.29, 1.82) is 0 Å². The number of benzene rings is 2. The van der Waals surface area contributed by atoms with Crippen LogP contribution in [0.15, 0.2) is 48.5 Å². The first kappa shape index (κ1) is 18.7. The first-order valence-corrected chi connectivity index (χ1v) is 11.1. The van der Waals surface area contributed by atoms with Crippen molar-refractivity contribution in [2.45, 2.75) is 63.9 Å². The summed E-state index contributed by atoms with van der Waals surface area (Å²) in [5.74, 6) is 3.48. The molecule has 4 saturated carbocycles. The Kier molecular flexibility index (Phi) is 4.64. The van der Waals surface area contributed by atoms with Crippen molar-refractivity contribution in [2.75, 3.05) is 5.32 Å². The fourth-order valence-corrected chi connectivity index (χ4v) is 6.55. The molecule has 152 valence electrons. The van der Waals surface area contributed by atoms with Gasteiger partial charge in [-0.25, -0.2) is 0 Å². The molecule has 1 N–H and O–H groups in total. The number of carbonyl (C=O) groups is 1. The molecule has 1 amide bonds. The van der Waals surface area contributed by atoms with Crippen molar-refractivity contribution in [3.05, 3.63) is 59.7 Å². The SMILES string of the molecule is Cc1ccccc1OC(C)C(=O)Nc1ccc(C23CC4CC(CC(C4)C2)C3)cc1. The molecule has 0 saturated heterocycles. The fourth-order valence-electron chi connectivity index (χ4n) is 6.55. The number of para-hydroxylation sites is 1. The highest BCUT2D eigenvalue weighted by molar-refractivity contribution is 5.94. The zero-order chi connectivity index (χ0) is 20.0. The van der Waals surface area contributed by atoms with Crippen LogP contribution in [-0.4, -0.2) is 12.0 Å². The summed E-state index contributed by atoms with van der Waals surface area (Å²) in [6, 6.07) is 16.5. The number of anilines is 1. The maximum Gasteiger partial charge on any atom is 0.265 e. The highest BCUT2D eigenvalue weighted by atomic mass is 16.5. The Balaban J connectivity index is 1.25. The number of nitrogens with one attached hydrogen (secondary N) is 1. The monoisotopic (exact) mass is 389 g/mol. The van der Waals surface area contributed by atoms with Gasteiger partial charge < -0.3 is 10.1 Å². The number of rotatable bonds is 5. The van der Waals surface area contributed by atoms with E-state index in [-0.39, 0.29) is 5.91 Å².